The highest BCUT2D eigenvalue weighted by molar-refractivity contribution is 9.10. The molecule has 0 amide bonds. The van der Waals surface area contributed by atoms with Gasteiger partial charge in [0.2, 0.25) is 5.95 Å². The monoisotopic (exact) mass is 329 g/mol. The van der Waals surface area contributed by atoms with Gasteiger partial charge in [0.05, 0.1) is 17.1 Å². The Hall–Kier alpha value is -1.81. The number of anilines is 1. The van der Waals surface area contributed by atoms with Gasteiger partial charge in [-0.25, -0.2) is 4.98 Å². The Morgan fingerprint density at radius 2 is 1.85 bits per heavy atom. The van der Waals surface area contributed by atoms with Gasteiger partial charge in [-0.05, 0) is 37.6 Å². The topological polar surface area (TPSA) is 43.8 Å². The van der Waals surface area contributed by atoms with E-state index in [1.807, 2.05) is 18.2 Å². The quantitative estimate of drug-likeness (QED) is 0.761. The lowest BCUT2D eigenvalue weighted by Gasteiger charge is -2.16. The van der Waals surface area contributed by atoms with Gasteiger partial charge in [-0.3, -0.25) is 0 Å². The fourth-order valence-corrected chi connectivity index (χ4v) is 2.84. The van der Waals surface area contributed by atoms with E-state index >= 15 is 0 Å². The Bertz CT molecular complexity index is 759. The molecule has 4 heteroatoms. The predicted molar refractivity (Wildman–Crippen MR) is 86.8 cm³/mol. The van der Waals surface area contributed by atoms with Crippen molar-refractivity contribution < 1.29 is 0 Å². The molecule has 3 aromatic rings. The molecular formula is C16H16BrN3. The van der Waals surface area contributed by atoms with Crippen molar-refractivity contribution in [3.05, 3.63) is 58.1 Å². The molecule has 1 unspecified atom stereocenters. The molecule has 0 saturated heterocycles. The third-order valence-corrected chi connectivity index (χ3v) is 4.12. The van der Waals surface area contributed by atoms with Gasteiger partial charge in [-0.15, -0.1) is 0 Å². The number of rotatable bonds is 2. The molecule has 1 heterocycles. The number of aryl methyl sites for hydroxylation is 1. The van der Waals surface area contributed by atoms with Crippen molar-refractivity contribution in [2.24, 2.45) is 0 Å². The maximum atomic E-state index is 6.11. The number of nitrogen functional groups attached to an aromatic ring is 1. The number of nitrogens with zero attached hydrogens (tertiary/aromatic N) is 2. The molecule has 0 aliphatic heterocycles. The Morgan fingerprint density at radius 3 is 2.55 bits per heavy atom. The molecule has 0 bridgehead atoms. The van der Waals surface area contributed by atoms with E-state index in [4.69, 9.17) is 5.73 Å². The van der Waals surface area contributed by atoms with Crippen LogP contribution in [-0.4, -0.2) is 9.55 Å². The highest BCUT2D eigenvalue weighted by atomic mass is 79.9. The second kappa shape index (κ2) is 4.94. The first-order valence-electron chi connectivity index (χ1n) is 6.56. The Balaban J connectivity index is 2.13. The highest BCUT2D eigenvalue weighted by Crippen LogP contribution is 2.28. The summed E-state index contributed by atoms with van der Waals surface area (Å²) in [5.41, 5.74) is 10.6. The standard InChI is InChI=1S/C16H16BrN3/c1-10-3-5-12(6-4-10)11(2)20-15-8-7-13(17)9-14(15)19-16(20)18/h3-9,11H,1-2H3,(H2,18,19). The number of benzene rings is 2. The van der Waals surface area contributed by atoms with Gasteiger partial charge in [0.15, 0.2) is 0 Å². The molecule has 2 N–H and O–H groups in total. The van der Waals surface area contributed by atoms with Crippen LogP contribution in [0, 0.1) is 6.92 Å². The van der Waals surface area contributed by atoms with Crippen LogP contribution in [0.4, 0.5) is 5.95 Å². The molecule has 102 valence electrons. The van der Waals surface area contributed by atoms with Crippen molar-refractivity contribution in [1.82, 2.24) is 9.55 Å². The average molecular weight is 330 g/mol. The zero-order valence-corrected chi connectivity index (χ0v) is 13.1. The molecule has 20 heavy (non-hydrogen) atoms. The first-order valence-corrected chi connectivity index (χ1v) is 7.35. The molecule has 0 aliphatic carbocycles. The van der Waals surface area contributed by atoms with Crippen LogP contribution < -0.4 is 5.73 Å². The number of hydrogen-bond acceptors (Lipinski definition) is 2. The maximum absolute atomic E-state index is 6.11. The summed E-state index contributed by atoms with van der Waals surface area (Å²) < 4.78 is 3.09. The third-order valence-electron chi connectivity index (χ3n) is 3.63. The van der Waals surface area contributed by atoms with E-state index in [0.717, 1.165) is 15.5 Å². The molecular weight excluding hydrogens is 314 g/mol. The van der Waals surface area contributed by atoms with Crippen molar-refractivity contribution >= 4 is 32.9 Å². The summed E-state index contributed by atoms with van der Waals surface area (Å²) >= 11 is 3.47. The van der Waals surface area contributed by atoms with E-state index in [1.165, 1.54) is 11.1 Å². The molecule has 2 aromatic carbocycles. The molecule has 3 nitrogen and oxygen atoms in total. The highest BCUT2D eigenvalue weighted by Gasteiger charge is 2.15. The van der Waals surface area contributed by atoms with Crippen molar-refractivity contribution in [2.75, 3.05) is 5.73 Å². The minimum atomic E-state index is 0.154. The summed E-state index contributed by atoms with van der Waals surface area (Å²) in [6.45, 7) is 4.23. The zero-order valence-electron chi connectivity index (χ0n) is 11.5. The number of halogens is 1. The van der Waals surface area contributed by atoms with Gasteiger partial charge < -0.3 is 10.3 Å². The van der Waals surface area contributed by atoms with Gasteiger partial charge in [-0.2, -0.15) is 0 Å². The van der Waals surface area contributed by atoms with Crippen molar-refractivity contribution in [3.8, 4) is 0 Å². The van der Waals surface area contributed by atoms with E-state index in [9.17, 15) is 0 Å². The number of aromatic nitrogens is 2. The summed E-state index contributed by atoms with van der Waals surface area (Å²) in [6, 6.07) is 14.7. The van der Waals surface area contributed by atoms with Crippen LogP contribution in [0.2, 0.25) is 0 Å². The average Bonchev–Trinajstić information content (AvgIpc) is 2.73. The van der Waals surface area contributed by atoms with Crippen LogP contribution in [0.3, 0.4) is 0 Å². The lowest BCUT2D eigenvalue weighted by molar-refractivity contribution is 0.667. The second-order valence-electron chi connectivity index (χ2n) is 5.06. The molecule has 1 atom stereocenters. The van der Waals surface area contributed by atoms with Gasteiger partial charge in [0, 0.05) is 4.47 Å². The minimum absolute atomic E-state index is 0.154. The van der Waals surface area contributed by atoms with Crippen molar-refractivity contribution in [2.45, 2.75) is 19.9 Å². The molecule has 3 rings (SSSR count). The summed E-state index contributed by atoms with van der Waals surface area (Å²) in [5, 5.41) is 0. The number of hydrogen-bond donors (Lipinski definition) is 1. The van der Waals surface area contributed by atoms with Crippen LogP contribution in [-0.2, 0) is 0 Å². The van der Waals surface area contributed by atoms with Crippen LogP contribution in [0.1, 0.15) is 24.1 Å². The molecule has 0 aliphatic rings. The Morgan fingerprint density at radius 1 is 1.15 bits per heavy atom. The van der Waals surface area contributed by atoms with Gasteiger partial charge in [-0.1, -0.05) is 45.8 Å². The van der Waals surface area contributed by atoms with Crippen LogP contribution in [0.5, 0.6) is 0 Å². The smallest absolute Gasteiger partial charge is 0.201 e. The molecule has 0 saturated carbocycles. The SMILES string of the molecule is Cc1ccc(C(C)n2c(N)nc3cc(Br)ccc32)cc1. The fourth-order valence-electron chi connectivity index (χ4n) is 2.49. The van der Waals surface area contributed by atoms with E-state index in [1.54, 1.807) is 0 Å². The third kappa shape index (κ3) is 2.20. The molecule has 1 aromatic heterocycles. The van der Waals surface area contributed by atoms with E-state index < -0.39 is 0 Å². The normalized spacial score (nSPS) is 12.8. The lowest BCUT2D eigenvalue weighted by Crippen LogP contribution is -2.10. The number of fused-ring (bicyclic) bond motifs is 1. The summed E-state index contributed by atoms with van der Waals surface area (Å²) in [5.74, 6) is 0.547. The van der Waals surface area contributed by atoms with Gasteiger partial charge in [0.1, 0.15) is 0 Å². The van der Waals surface area contributed by atoms with Crippen molar-refractivity contribution in [1.29, 1.82) is 0 Å². The van der Waals surface area contributed by atoms with E-state index in [2.05, 4.69) is 63.6 Å². The molecule has 0 fully saturated rings. The zero-order chi connectivity index (χ0) is 14.3. The van der Waals surface area contributed by atoms with Gasteiger partial charge >= 0.3 is 0 Å². The van der Waals surface area contributed by atoms with Crippen molar-refractivity contribution in [3.63, 3.8) is 0 Å². The Kier molecular flexibility index (Phi) is 3.26. The fraction of sp³-hybridized carbons (Fsp3) is 0.188. The second-order valence-corrected chi connectivity index (χ2v) is 5.98. The molecule has 0 radical (unpaired) electrons. The number of nitrogens with two attached hydrogens (primary N) is 1. The summed E-state index contributed by atoms with van der Waals surface area (Å²) in [6.07, 6.45) is 0. The lowest BCUT2D eigenvalue weighted by atomic mass is 10.1. The van der Waals surface area contributed by atoms with Crippen LogP contribution >= 0.6 is 15.9 Å². The van der Waals surface area contributed by atoms with E-state index in [-0.39, 0.29) is 6.04 Å². The molecule has 0 spiro atoms. The maximum Gasteiger partial charge on any atom is 0.201 e. The Labute approximate surface area is 126 Å². The number of imidazole rings is 1. The summed E-state index contributed by atoms with van der Waals surface area (Å²) in [7, 11) is 0. The minimum Gasteiger partial charge on any atom is -0.369 e. The summed E-state index contributed by atoms with van der Waals surface area (Å²) in [4.78, 5) is 4.45. The van der Waals surface area contributed by atoms with Crippen LogP contribution in [0.25, 0.3) is 11.0 Å². The largest absolute Gasteiger partial charge is 0.369 e. The first kappa shape index (κ1) is 13.2. The first-order chi connectivity index (χ1) is 9.56. The van der Waals surface area contributed by atoms with Gasteiger partial charge in [0.25, 0.3) is 0 Å². The van der Waals surface area contributed by atoms with E-state index in [0.29, 0.717) is 5.95 Å². The van der Waals surface area contributed by atoms with Crippen LogP contribution in [0.15, 0.2) is 46.9 Å². The predicted octanol–water partition coefficient (Wildman–Crippen LogP) is 4.30.